The van der Waals surface area contributed by atoms with Crippen LogP contribution in [0.1, 0.15) is 47.5 Å². The molecule has 2 saturated heterocycles. The van der Waals surface area contributed by atoms with E-state index in [1.54, 1.807) is 0 Å². The molecule has 0 amide bonds. The molecule has 0 aromatic carbocycles. The Kier molecular flexibility index (Phi) is 4.72. The minimum Gasteiger partial charge on any atom is -0.391 e. The number of hydrogen-bond donors (Lipinski definition) is 2. The van der Waals surface area contributed by atoms with Crippen molar-refractivity contribution in [1.29, 1.82) is 0 Å². The van der Waals surface area contributed by atoms with Gasteiger partial charge in [0, 0.05) is 11.8 Å². The summed E-state index contributed by atoms with van der Waals surface area (Å²) in [7, 11) is 0. The Morgan fingerprint density at radius 1 is 1.05 bits per heavy atom. The Bertz CT molecular complexity index is 352. The lowest BCUT2D eigenvalue weighted by Crippen LogP contribution is -2.62. The lowest BCUT2D eigenvalue weighted by atomic mass is 9.75. The Balaban J connectivity index is 1.97. The van der Waals surface area contributed by atoms with E-state index in [1.165, 1.54) is 0 Å². The van der Waals surface area contributed by atoms with Crippen LogP contribution in [0, 0.1) is 10.8 Å². The number of hydrogen-bond acceptors (Lipinski definition) is 5. The van der Waals surface area contributed by atoms with Gasteiger partial charge in [-0.15, -0.1) is 0 Å². The average molecular weight is 302 g/mol. The van der Waals surface area contributed by atoms with Gasteiger partial charge in [0.05, 0.1) is 32.0 Å². The first-order chi connectivity index (χ1) is 9.54. The summed E-state index contributed by atoms with van der Waals surface area (Å²) in [6.07, 6.45) is -0.388. The molecule has 21 heavy (non-hydrogen) atoms. The number of ether oxygens (including phenoxy) is 3. The molecule has 0 saturated carbocycles. The molecular formula is C16H30O5. The smallest absolute Gasteiger partial charge is 0.162 e. The lowest BCUT2D eigenvalue weighted by Gasteiger charge is -2.49. The van der Waals surface area contributed by atoms with Crippen LogP contribution in [0.4, 0.5) is 0 Å². The molecule has 5 nitrogen and oxygen atoms in total. The van der Waals surface area contributed by atoms with Gasteiger partial charge in [0.2, 0.25) is 0 Å². The molecule has 5 heteroatoms. The second kappa shape index (κ2) is 5.78. The summed E-state index contributed by atoms with van der Waals surface area (Å²) in [6.45, 7) is 11.7. The van der Waals surface area contributed by atoms with Crippen molar-refractivity contribution in [3.63, 3.8) is 0 Å². The summed E-state index contributed by atoms with van der Waals surface area (Å²) in [6, 6.07) is 0. The Hall–Kier alpha value is -0.200. The van der Waals surface area contributed by atoms with E-state index < -0.39 is 17.8 Å². The molecule has 2 heterocycles. The normalized spacial score (nSPS) is 38.7. The largest absolute Gasteiger partial charge is 0.391 e. The van der Waals surface area contributed by atoms with Crippen molar-refractivity contribution in [2.75, 3.05) is 19.8 Å². The zero-order valence-corrected chi connectivity index (χ0v) is 13.9. The van der Waals surface area contributed by atoms with Crippen molar-refractivity contribution in [1.82, 2.24) is 0 Å². The first-order valence-corrected chi connectivity index (χ1v) is 7.77. The topological polar surface area (TPSA) is 68.2 Å². The second-order valence-corrected chi connectivity index (χ2v) is 8.46. The van der Waals surface area contributed by atoms with E-state index in [0.717, 1.165) is 6.42 Å². The minimum atomic E-state index is -0.826. The van der Waals surface area contributed by atoms with E-state index in [1.807, 2.05) is 0 Å². The fraction of sp³-hybridized carbons (Fsp3) is 1.00. The van der Waals surface area contributed by atoms with Gasteiger partial charge in [-0.25, -0.2) is 0 Å². The van der Waals surface area contributed by atoms with Crippen LogP contribution >= 0.6 is 0 Å². The summed E-state index contributed by atoms with van der Waals surface area (Å²) in [5, 5.41) is 19.7. The molecule has 1 unspecified atom stereocenters. The maximum absolute atomic E-state index is 10.2. The highest BCUT2D eigenvalue weighted by atomic mass is 16.7. The maximum atomic E-state index is 10.2. The van der Waals surface area contributed by atoms with Gasteiger partial charge in [0.1, 0.15) is 5.60 Å². The lowest BCUT2D eigenvalue weighted by molar-refractivity contribution is -0.329. The molecule has 0 aromatic heterocycles. The predicted molar refractivity (Wildman–Crippen MR) is 78.9 cm³/mol. The second-order valence-electron chi connectivity index (χ2n) is 8.46. The third-order valence-corrected chi connectivity index (χ3v) is 4.25. The molecule has 0 radical (unpaired) electrons. The number of rotatable bonds is 2. The third kappa shape index (κ3) is 3.96. The zero-order chi connectivity index (χ0) is 15.9. The molecule has 2 rings (SSSR count). The highest BCUT2D eigenvalue weighted by Gasteiger charge is 2.50. The molecule has 1 spiro atoms. The molecule has 124 valence electrons. The van der Waals surface area contributed by atoms with Gasteiger partial charge < -0.3 is 24.4 Å². The van der Waals surface area contributed by atoms with Crippen LogP contribution in [-0.4, -0.2) is 54.1 Å². The van der Waals surface area contributed by atoms with Crippen molar-refractivity contribution in [2.45, 2.75) is 71.6 Å². The van der Waals surface area contributed by atoms with Gasteiger partial charge in [-0.05, 0) is 11.8 Å². The standard InChI is InChI=1S/C16H30O5/c1-14(2,3)8-15(4,5)13-19-9-16(10-20-13)12(18)6-11(17)7-21-16/h11-13,17-18H,6-10H2,1-5H3/t11-,12?,13?,16?/m0/s1. The maximum Gasteiger partial charge on any atom is 0.162 e. The van der Waals surface area contributed by atoms with E-state index in [0.29, 0.717) is 19.6 Å². The van der Waals surface area contributed by atoms with Gasteiger partial charge in [-0.3, -0.25) is 0 Å². The summed E-state index contributed by atoms with van der Waals surface area (Å²) >= 11 is 0. The van der Waals surface area contributed by atoms with Gasteiger partial charge in [0.15, 0.2) is 6.29 Å². The van der Waals surface area contributed by atoms with Crippen molar-refractivity contribution in [3.05, 3.63) is 0 Å². The molecule has 2 N–H and O–H groups in total. The number of aliphatic hydroxyl groups is 2. The fourth-order valence-corrected chi connectivity index (χ4v) is 3.60. The SMILES string of the molecule is CC(C)(C)CC(C)(C)C1OCC2(CO1)OC[C@@H](O)CC2O. The monoisotopic (exact) mass is 302 g/mol. The van der Waals surface area contributed by atoms with Crippen LogP contribution in [0.25, 0.3) is 0 Å². The predicted octanol–water partition coefficient (Wildman–Crippen LogP) is 1.70. The Labute approximate surface area is 127 Å². The molecule has 2 fully saturated rings. The van der Waals surface area contributed by atoms with Crippen LogP contribution < -0.4 is 0 Å². The highest BCUT2D eigenvalue weighted by molar-refractivity contribution is 4.96. The number of aliphatic hydroxyl groups excluding tert-OH is 2. The molecule has 2 aliphatic rings. The van der Waals surface area contributed by atoms with Crippen molar-refractivity contribution < 1.29 is 24.4 Å². The van der Waals surface area contributed by atoms with Crippen LogP contribution in [-0.2, 0) is 14.2 Å². The summed E-state index contributed by atoms with van der Waals surface area (Å²) in [5.74, 6) is 0. The van der Waals surface area contributed by atoms with Gasteiger partial charge in [-0.2, -0.15) is 0 Å². The van der Waals surface area contributed by atoms with Gasteiger partial charge >= 0.3 is 0 Å². The minimum absolute atomic E-state index is 0.112. The molecule has 2 aliphatic heterocycles. The van der Waals surface area contributed by atoms with E-state index >= 15 is 0 Å². The van der Waals surface area contributed by atoms with Crippen LogP contribution in [0.2, 0.25) is 0 Å². The molecule has 0 aromatic rings. The van der Waals surface area contributed by atoms with Crippen molar-refractivity contribution in [3.8, 4) is 0 Å². The van der Waals surface area contributed by atoms with E-state index in [-0.39, 0.29) is 23.7 Å². The first-order valence-electron chi connectivity index (χ1n) is 7.77. The van der Waals surface area contributed by atoms with E-state index in [9.17, 15) is 10.2 Å². The highest BCUT2D eigenvalue weighted by Crippen LogP contribution is 2.41. The van der Waals surface area contributed by atoms with Gasteiger partial charge in [0.25, 0.3) is 0 Å². The van der Waals surface area contributed by atoms with Crippen molar-refractivity contribution in [2.24, 2.45) is 10.8 Å². The molecular weight excluding hydrogens is 272 g/mol. The average Bonchev–Trinajstić information content (AvgIpc) is 2.32. The summed E-state index contributed by atoms with van der Waals surface area (Å²) < 4.78 is 17.4. The van der Waals surface area contributed by atoms with Crippen LogP contribution in [0.5, 0.6) is 0 Å². The van der Waals surface area contributed by atoms with Crippen molar-refractivity contribution >= 4 is 0 Å². The third-order valence-electron chi connectivity index (χ3n) is 4.25. The fourth-order valence-electron chi connectivity index (χ4n) is 3.60. The van der Waals surface area contributed by atoms with Gasteiger partial charge in [-0.1, -0.05) is 34.6 Å². The van der Waals surface area contributed by atoms with Crippen LogP contribution in [0.3, 0.4) is 0 Å². The van der Waals surface area contributed by atoms with E-state index in [4.69, 9.17) is 14.2 Å². The molecule has 0 bridgehead atoms. The van der Waals surface area contributed by atoms with E-state index in [2.05, 4.69) is 34.6 Å². The zero-order valence-electron chi connectivity index (χ0n) is 13.9. The first kappa shape index (κ1) is 17.2. The molecule has 0 aliphatic carbocycles. The van der Waals surface area contributed by atoms with Crippen LogP contribution in [0.15, 0.2) is 0 Å². The summed E-state index contributed by atoms with van der Waals surface area (Å²) in [4.78, 5) is 0. The quantitative estimate of drug-likeness (QED) is 0.812. The summed E-state index contributed by atoms with van der Waals surface area (Å²) in [5.41, 5.74) is -0.747. The Morgan fingerprint density at radius 3 is 2.10 bits per heavy atom. The molecule has 2 atom stereocenters. The Morgan fingerprint density at radius 2 is 1.62 bits per heavy atom.